The number of carbonyl (C=O) groups is 1. The van der Waals surface area contributed by atoms with E-state index >= 15 is 0 Å². The lowest BCUT2D eigenvalue weighted by molar-refractivity contribution is 0.0689. The molecule has 2 heterocycles. The maximum atomic E-state index is 11.1. The van der Waals surface area contributed by atoms with Gasteiger partial charge < -0.3 is 5.11 Å². The molecule has 0 radical (unpaired) electrons. The average Bonchev–Trinajstić information content (AvgIpc) is 3.01. The second-order valence-electron chi connectivity index (χ2n) is 4.53. The molecular weight excluding hydrogens is 264 g/mol. The first-order chi connectivity index (χ1) is 9.20. The largest absolute Gasteiger partial charge is 0.476 e. The zero-order valence-corrected chi connectivity index (χ0v) is 11.4. The number of aryl methyl sites for hydroxylation is 2. The molecule has 1 N–H and O–H groups in total. The lowest BCUT2D eigenvalue weighted by Gasteiger charge is -2.06. The van der Waals surface area contributed by atoms with Gasteiger partial charge in [0, 0.05) is 4.88 Å². The van der Waals surface area contributed by atoms with E-state index in [-0.39, 0.29) is 5.69 Å². The number of aromatic carboxylic acids is 1. The van der Waals surface area contributed by atoms with Crippen molar-refractivity contribution in [2.75, 3.05) is 0 Å². The summed E-state index contributed by atoms with van der Waals surface area (Å²) in [5, 5.41) is 17.5. The second-order valence-corrected chi connectivity index (χ2v) is 5.59. The molecule has 0 aliphatic heterocycles. The summed E-state index contributed by atoms with van der Waals surface area (Å²) in [7, 11) is 0. The van der Waals surface area contributed by atoms with E-state index in [1.807, 2.05) is 6.92 Å². The van der Waals surface area contributed by atoms with Crippen molar-refractivity contribution in [3.05, 3.63) is 22.0 Å². The van der Waals surface area contributed by atoms with E-state index in [2.05, 4.69) is 15.3 Å². The zero-order valence-electron chi connectivity index (χ0n) is 10.6. The number of carboxylic acids is 1. The van der Waals surface area contributed by atoms with Crippen molar-refractivity contribution in [1.82, 2.24) is 20.0 Å². The third kappa shape index (κ3) is 2.03. The third-order valence-electron chi connectivity index (χ3n) is 3.32. The van der Waals surface area contributed by atoms with Gasteiger partial charge in [0.15, 0.2) is 5.69 Å². The lowest BCUT2D eigenvalue weighted by atomic mass is 10.0. The molecule has 7 heteroatoms. The third-order valence-corrected chi connectivity index (χ3v) is 4.45. The van der Waals surface area contributed by atoms with Crippen LogP contribution < -0.4 is 0 Å². The first-order valence-electron chi connectivity index (χ1n) is 6.37. The fraction of sp³-hybridized carbons (Fsp3) is 0.500. The summed E-state index contributed by atoms with van der Waals surface area (Å²) in [5.74, 6) is -1.04. The van der Waals surface area contributed by atoms with Gasteiger partial charge in [0.05, 0.1) is 11.4 Å². The van der Waals surface area contributed by atoms with Gasteiger partial charge in [-0.1, -0.05) is 23.5 Å². The second kappa shape index (κ2) is 4.73. The van der Waals surface area contributed by atoms with E-state index in [1.54, 1.807) is 16.0 Å². The molecule has 19 heavy (non-hydrogen) atoms. The molecule has 0 aromatic carbocycles. The molecule has 0 bridgehead atoms. The highest BCUT2D eigenvalue weighted by molar-refractivity contribution is 7.14. The molecule has 0 saturated heterocycles. The Morgan fingerprint density at radius 1 is 1.42 bits per heavy atom. The normalized spacial score (nSPS) is 14.4. The Morgan fingerprint density at radius 2 is 2.21 bits per heavy atom. The molecular formula is C12H14N4O2S. The maximum Gasteiger partial charge on any atom is 0.358 e. The quantitative estimate of drug-likeness (QED) is 0.926. The zero-order chi connectivity index (χ0) is 13.4. The van der Waals surface area contributed by atoms with Gasteiger partial charge in [-0.05, 0) is 32.1 Å². The Morgan fingerprint density at radius 3 is 2.89 bits per heavy atom. The summed E-state index contributed by atoms with van der Waals surface area (Å²) >= 11 is 1.60. The summed E-state index contributed by atoms with van der Waals surface area (Å²) in [5.41, 5.74) is 1.77. The Balaban J connectivity index is 2.06. The number of hydrogen-bond donors (Lipinski definition) is 1. The summed E-state index contributed by atoms with van der Waals surface area (Å²) in [4.78, 5) is 17.0. The Labute approximate surface area is 114 Å². The number of carboxylic acid groups (broad SMARTS) is 1. The van der Waals surface area contributed by atoms with Gasteiger partial charge >= 0.3 is 5.97 Å². The van der Waals surface area contributed by atoms with Crippen LogP contribution in [0.15, 0.2) is 0 Å². The summed E-state index contributed by atoms with van der Waals surface area (Å²) < 4.78 is 1.58. The van der Waals surface area contributed by atoms with Crippen molar-refractivity contribution < 1.29 is 9.90 Å². The first-order valence-corrected chi connectivity index (χ1v) is 7.19. The van der Waals surface area contributed by atoms with Crippen LogP contribution >= 0.6 is 11.3 Å². The van der Waals surface area contributed by atoms with Crippen molar-refractivity contribution in [1.29, 1.82) is 0 Å². The van der Waals surface area contributed by atoms with E-state index in [0.717, 1.165) is 23.7 Å². The van der Waals surface area contributed by atoms with Crippen molar-refractivity contribution in [3.8, 4) is 5.13 Å². The lowest BCUT2D eigenvalue weighted by Crippen LogP contribution is -2.06. The van der Waals surface area contributed by atoms with Crippen LogP contribution in [0.25, 0.3) is 5.13 Å². The highest BCUT2D eigenvalue weighted by atomic mass is 32.1. The first kappa shape index (κ1) is 12.3. The Bertz CT molecular complexity index is 608. The predicted octanol–water partition coefficient (Wildman–Crippen LogP) is 1.86. The van der Waals surface area contributed by atoms with Crippen molar-refractivity contribution in [2.24, 2.45) is 0 Å². The number of aromatic nitrogens is 4. The minimum atomic E-state index is -1.04. The monoisotopic (exact) mass is 278 g/mol. The summed E-state index contributed by atoms with van der Waals surface area (Å²) in [6, 6.07) is 0. The Hall–Kier alpha value is -1.76. The number of fused-ring (bicyclic) bond motifs is 1. The van der Waals surface area contributed by atoms with Gasteiger partial charge in [0.1, 0.15) is 0 Å². The van der Waals surface area contributed by atoms with Crippen LogP contribution in [0.3, 0.4) is 0 Å². The van der Waals surface area contributed by atoms with Crippen LogP contribution in [-0.4, -0.2) is 31.1 Å². The molecule has 0 amide bonds. The van der Waals surface area contributed by atoms with Crippen molar-refractivity contribution in [3.63, 3.8) is 0 Å². The van der Waals surface area contributed by atoms with Gasteiger partial charge in [0.2, 0.25) is 5.13 Å². The molecule has 1 aliphatic carbocycles. The van der Waals surface area contributed by atoms with E-state index in [1.165, 1.54) is 17.7 Å². The molecule has 1 aliphatic rings. The molecule has 0 spiro atoms. The van der Waals surface area contributed by atoms with Gasteiger partial charge in [-0.25, -0.2) is 9.78 Å². The van der Waals surface area contributed by atoms with Gasteiger partial charge in [-0.15, -0.1) is 5.10 Å². The van der Waals surface area contributed by atoms with E-state index in [4.69, 9.17) is 5.11 Å². The highest BCUT2D eigenvalue weighted by Gasteiger charge is 2.22. The van der Waals surface area contributed by atoms with Crippen molar-refractivity contribution >= 4 is 17.3 Å². The smallest absolute Gasteiger partial charge is 0.358 e. The van der Waals surface area contributed by atoms with Crippen LogP contribution in [0.4, 0.5) is 0 Å². The summed E-state index contributed by atoms with van der Waals surface area (Å²) in [6.45, 7) is 1.90. The standard InChI is InChI=1S/C12H14N4O2S/c1-2-8-10(11(17)18)14-15-16(8)12-13-7-5-3-4-6-9(7)19-12/h2-6H2,1H3,(H,17,18). The molecule has 2 aromatic rings. The number of thiazole rings is 1. The van der Waals surface area contributed by atoms with Gasteiger partial charge in [-0.2, -0.15) is 4.68 Å². The minimum Gasteiger partial charge on any atom is -0.476 e. The van der Waals surface area contributed by atoms with Crippen molar-refractivity contribution in [2.45, 2.75) is 39.0 Å². The number of nitrogens with zero attached hydrogens (tertiary/aromatic N) is 4. The highest BCUT2D eigenvalue weighted by Crippen LogP contribution is 2.29. The molecule has 3 rings (SSSR count). The fourth-order valence-corrected chi connectivity index (χ4v) is 3.49. The topological polar surface area (TPSA) is 80.9 Å². The van der Waals surface area contributed by atoms with Crippen LogP contribution in [-0.2, 0) is 19.3 Å². The molecule has 100 valence electrons. The van der Waals surface area contributed by atoms with Gasteiger partial charge in [0.25, 0.3) is 0 Å². The average molecular weight is 278 g/mol. The molecule has 6 nitrogen and oxygen atoms in total. The van der Waals surface area contributed by atoms with Crippen LogP contribution in [0.1, 0.15) is 46.5 Å². The molecule has 0 unspecified atom stereocenters. The number of hydrogen-bond acceptors (Lipinski definition) is 5. The maximum absolute atomic E-state index is 11.1. The summed E-state index contributed by atoms with van der Waals surface area (Å²) in [6.07, 6.45) is 5.02. The predicted molar refractivity (Wildman–Crippen MR) is 70.0 cm³/mol. The number of rotatable bonds is 3. The van der Waals surface area contributed by atoms with E-state index in [0.29, 0.717) is 12.1 Å². The van der Waals surface area contributed by atoms with Gasteiger partial charge in [-0.3, -0.25) is 0 Å². The van der Waals surface area contributed by atoms with E-state index in [9.17, 15) is 4.79 Å². The molecule has 0 fully saturated rings. The minimum absolute atomic E-state index is 0.0238. The van der Waals surface area contributed by atoms with E-state index < -0.39 is 5.97 Å². The molecule has 2 aromatic heterocycles. The molecule has 0 atom stereocenters. The fourth-order valence-electron chi connectivity index (χ4n) is 2.37. The van der Waals surface area contributed by atoms with Crippen LogP contribution in [0, 0.1) is 0 Å². The molecule has 0 saturated carbocycles. The Kier molecular flexibility index (Phi) is 3.06. The SMILES string of the molecule is CCc1c(C(=O)O)nnn1-c1nc2c(s1)CCCC2. The van der Waals surface area contributed by atoms with Crippen LogP contribution in [0.5, 0.6) is 0 Å². The van der Waals surface area contributed by atoms with Crippen LogP contribution in [0.2, 0.25) is 0 Å².